The van der Waals surface area contributed by atoms with Crippen molar-refractivity contribution in [3.05, 3.63) is 52.8 Å². The van der Waals surface area contributed by atoms with Gasteiger partial charge < -0.3 is 15.2 Å². The third kappa shape index (κ3) is 5.10. The summed E-state index contributed by atoms with van der Waals surface area (Å²) in [6.07, 6.45) is 1.24. The smallest absolute Gasteiger partial charge is 0.326 e. The van der Waals surface area contributed by atoms with E-state index in [4.69, 9.17) is 21.4 Å². The van der Waals surface area contributed by atoms with E-state index in [-0.39, 0.29) is 40.8 Å². The van der Waals surface area contributed by atoms with Crippen molar-refractivity contribution in [3.8, 4) is 5.75 Å². The van der Waals surface area contributed by atoms with Gasteiger partial charge in [0, 0.05) is 30.3 Å². The molecule has 2 amide bonds. The number of benzene rings is 2. The van der Waals surface area contributed by atoms with E-state index in [1.807, 2.05) is 38.1 Å². The Morgan fingerprint density at radius 1 is 1.29 bits per heavy atom. The number of carboxylic acid groups (broad SMARTS) is 1. The van der Waals surface area contributed by atoms with E-state index in [2.05, 4.69) is 5.32 Å². The highest BCUT2D eigenvalue weighted by atomic mass is 35.5. The number of hydrogen-bond acceptors (Lipinski definition) is 3. The van der Waals surface area contributed by atoms with Gasteiger partial charge in [0.15, 0.2) is 0 Å². The fraction of sp³-hybridized carbons (Fsp3) is 0.391. The van der Waals surface area contributed by atoms with Gasteiger partial charge in [-0.1, -0.05) is 43.6 Å². The molecule has 1 saturated carbocycles. The number of amides is 2. The van der Waals surface area contributed by atoms with E-state index in [1.54, 1.807) is 4.90 Å². The minimum atomic E-state index is -0.844. The van der Waals surface area contributed by atoms with Crippen molar-refractivity contribution in [1.29, 1.82) is 0 Å². The molecular formula is C23H26ClFN2O4. The largest absolute Gasteiger partial charge is 0.495 e. The molecule has 0 heterocycles. The lowest BCUT2D eigenvalue weighted by molar-refractivity contribution is -0.138. The third-order valence-electron chi connectivity index (χ3n) is 5.56. The monoisotopic (exact) mass is 448 g/mol. The minimum Gasteiger partial charge on any atom is -0.495 e. The van der Waals surface area contributed by atoms with Gasteiger partial charge in [-0.3, -0.25) is 9.69 Å². The zero-order chi connectivity index (χ0) is 22.7. The molecule has 3 rings (SSSR count). The number of hydrogen-bond donors (Lipinski definition) is 2. The lowest BCUT2D eigenvalue weighted by Gasteiger charge is -2.43. The zero-order valence-electron chi connectivity index (χ0n) is 17.7. The molecule has 1 aliphatic rings. The standard InChI is InChI=1S/C23H26ClFN2O4/c1-13(2)16-6-4-5-7-20(16)27(15-8-14(9-15)10-22(28)29)23(30)26-19-12-18(25)17(24)11-21(19)31-3/h4-7,11-15H,8-10H2,1-3H3,(H,26,30)(H,28,29). The van der Waals surface area contributed by atoms with Crippen molar-refractivity contribution in [1.82, 2.24) is 0 Å². The van der Waals surface area contributed by atoms with Gasteiger partial charge in [-0.15, -0.1) is 0 Å². The van der Waals surface area contributed by atoms with Crippen LogP contribution in [0.3, 0.4) is 0 Å². The molecule has 0 spiro atoms. The Labute approximate surface area is 186 Å². The molecule has 0 unspecified atom stereocenters. The van der Waals surface area contributed by atoms with Crippen LogP contribution in [0.5, 0.6) is 5.75 Å². The lowest BCUT2D eigenvalue weighted by atomic mass is 9.77. The molecule has 0 radical (unpaired) electrons. The van der Waals surface area contributed by atoms with Crippen LogP contribution >= 0.6 is 11.6 Å². The summed E-state index contributed by atoms with van der Waals surface area (Å²) < 4.78 is 19.3. The fourth-order valence-corrected chi connectivity index (χ4v) is 4.12. The number of urea groups is 1. The third-order valence-corrected chi connectivity index (χ3v) is 5.85. The number of para-hydroxylation sites is 1. The molecule has 2 aromatic carbocycles. The second-order valence-corrected chi connectivity index (χ2v) is 8.48. The fourth-order valence-electron chi connectivity index (χ4n) is 3.96. The quantitative estimate of drug-likeness (QED) is 0.552. The SMILES string of the molecule is COc1cc(Cl)c(F)cc1NC(=O)N(c1ccccc1C(C)C)C1CC(CC(=O)O)C1. The van der Waals surface area contributed by atoms with Crippen molar-refractivity contribution in [2.75, 3.05) is 17.3 Å². The topological polar surface area (TPSA) is 78.9 Å². The van der Waals surface area contributed by atoms with Crippen LogP contribution in [0.25, 0.3) is 0 Å². The summed E-state index contributed by atoms with van der Waals surface area (Å²) in [6.45, 7) is 4.08. The number of nitrogens with one attached hydrogen (secondary N) is 1. The van der Waals surface area contributed by atoms with Crippen LogP contribution in [0.4, 0.5) is 20.6 Å². The number of rotatable bonds is 7. The van der Waals surface area contributed by atoms with Crippen LogP contribution in [0.1, 0.15) is 44.6 Å². The highest BCUT2D eigenvalue weighted by molar-refractivity contribution is 6.31. The predicted octanol–water partition coefficient (Wildman–Crippen LogP) is 5.90. The van der Waals surface area contributed by atoms with Gasteiger partial charge in [-0.05, 0) is 36.3 Å². The summed E-state index contributed by atoms with van der Waals surface area (Å²) in [5.74, 6) is -1.08. The number of carboxylic acids is 1. The number of carbonyl (C=O) groups is 2. The predicted molar refractivity (Wildman–Crippen MR) is 119 cm³/mol. The highest BCUT2D eigenvalue weighted by Gasteiger charge is 2.39. The average molecular weight is 449 g/mol. The maximum Gasteiger partial charge on any atom is 0.326 e. The molecule has 0 atom stereocenters. The maximum absolute atomic E-state index is 14.0. The van der Waals surface area contributed by atoms with Crippen molar-refractivity contribution >= 4 is 35.0 Å². The Balaban J connectivity index is 1.93. The summed E-state index contributed by atoms with van der Waals surface area (Å²) in [6, 6.07) is 9.46. The van der Waals surface area contributed by atoms with Crippen molar-refractivity contribution < 1.29 is 23.8 Å². The molecule has 1 fully saturated rings. The number of ether oxygens (including phenoxy) is 1. The molecular weight excluding hydrogens is 423 g/mol. The first-order valence-electron chi connectivity index (χ1n) is 10.1. The van der Waals surface area contributed by atoms with Crippen LogP contribution in [0.2, 0.25) is 5.02 Å². The lowest BCUT2D eigenvalue weighted by Crippen LogP contribution is -2.50. The van der Waals surface area contributed by atoms with Gasteiger partial charge >= 0.3 is 12.0 Å². The van der Waals surface area contributed by atoms with Crippen LogP contribution in [-0.4, -0.2) is 30.3 Å². The zero-order valence-corrected chi connectivity index (χ0v) is 18.4. The number of methoxy groups -OCH3 is 1. The van der Waals surface area contributed by atoms with Crippen molar-refractivity contribution in [2.45, 2.75) is 45.1 Å². The Bertz CT molecular complexity index is 976. The number of halogens is 2. The van der Waals surface area contributed by atoms with Crippen LogP contribution in [-0.2, 0) is 4.79 Å². The number of anilines is 2. The minimum absolute atomic E-state index is 0.0199. The first kappa shape index (κ1) is 22.9. The van der Waals surface area contributed by atoms with Gasteiger partial charge in [0.25, 0.3) is 0 Å². The molecule has 0 saturated heterocycles. The van der Waals surface area contributed by atoms with E-state index in [1.165, 1.54) is 13.2 Å². The Morgan fingerprint density at radius 2 is 1.97 bits per heavy atom. The second-order valence-electron chi connectivity index (χ2n) is 8.07. The molecule has 0 bridgehead atoms. The summed E-state index contributed by atoms with van der Waals surface area (Å²) in [5, 5.41) is 11.7. The summed E-state index contributed by atoms with van der Waals surface area (Å²) in [4.78, 5) is 26.1. The Hall–Kier alpha value is -2.80. The van der Waals surface area contributed by atoms with E-state index < -0.39 is 17.8 Å². The Kier molecular flexibility index (Phi) is 7.05. The van der Waals surface area contributed by atoms with E-state index in [9.17, 15) is 14.0 Å². The van der Waals surface area contributed by atoms with E-state index in [0.717, 1.165) is 17.3 Å². The first-order chi connectivity index (χ1) is 14.7. The molecule has 0 aromatic heterocycles. The molecule has 166 valence electrons. The van der Waals surface area contributed by atoms with Gasteiger partial charge in [0.1, 0.15) is 11.6 Å². The second kappa shape index (κ2) is 9.56. The average Bonchev–Trinajstić information content (AvgIpc) is 2.68. The molecule has 6 nitrogen and oxygen atoms in total. The Morgan fingerprint density at radius 3 is 2.58 bits per heavy atom. The molecule has 1 aliphatic carbocycles. The normalized spacial score (nSPS) is 17.7. The van der Waals surface area contributed by atoms with Gasteiger partial charge in [0.05, 0.1) is 17.8 Å². The molecule has 2 N–H and O–H groups in total. The van der Waals surface area contributed by atoms with E-state index >= 15 is 0 Å². The molecule has 31 heavy (non-hydrogen) atoms. The summed E-state index contributed by atoms with van der Waals surface area (Å²) in [7, 11) is 1.41. The summed E-state index contributed by atoms with van der Waals surface area (Å²) >= 11 is 5.83. The molecule has 8 heteroatoms. The van der Waals surface area contributed by atoms with Gasteiger partial charge in [0.2, 0.25) is 0 Å². The van der Waals surface area contributed by atoms with E-state index in [0.29, 0.717) is 12.8 Å². The molecule has 2 aromatic rings. The number of nitrogens with zero attached hydrogens (tertiary/aromatic N) is 1. The number of carbonyl (C=O) groups excluding carboxylic acids is 1. The van der Waals surface area contributed by atoms with Crippen molar-refractivity contribution in [2.24, 2.45) is 5.92 Å². The van der Waals surface area contributed by atoms with Crippen molar-refractivity contribution in [3.63, 3.8) is 0 Å². The first-order valence-corrected chi connectivity index (χ1v) is 10.5. The highest BCUT2D eigenvalue weighted by Crippen LogP contribution is 2.40. The van der Waals surface area contributed by atoms with Gasteiger partial charge in [-0.25, -0.2) is 9.18 Å². The van der Waals surface area contributed by atoms with Crippen LogP contribution < -0.4 is 15.0 Å². The molecule has 0 aliphatic heterocycles. The maximum atomic E-state index is 14.0. The summed E-state index contributed by atoms with van der Waals surface area (Å²) in [5.41, 5.74) is 1.92. The van der Waals surface area contributed by atoms with Gasteiger partial charge in [-0.2, -0.15) is 0 Å². The van der Waals surface area contributed by atoms with Crippen LogP contribution in [0.15, 0.2) is 36.4 Å². The number of aliphatic carboxylic acids is 1. The van der Waals surface area contributed by atoms with Crippen LogP contribution in [0, 0.1) is 11.7 Å².